The van der Waals surface area contributed by atoms with Crippen LogP contribution >= 0.6 is 11.6 Å². The lowest BCUT2D eigenvalue weighted by Crippen LogP contribution is -2.09. The fraction of sp³-hybridized carbons (Fsp3) is 0.444. The van der Waals surface area contributed by atoms with Gasteiger partial charge in [0.1, 0.15) is 11.6 Å². The van der Waals surface area contributed by atoms with Crippen LogP contribution in [-0.4, -0.2) is 11.6 Å². The van der Waals surface area contributed by atoms with E-state index < -0.39 is 0 Å². The summed E-state index contributed by atoms with van der Waals surface area (Å²) in [5.41, 5.74) is 4.65. The molecule has 2 aliphatic rings. The highest BCUT2D eigenvalue weighted by Crippen LogP contribution is 2.26. The molecule has 0 spiro atoms. The Bertz CT molecular complexity index is 912. The molecule has 0 aliphatic heterocycles. The molecule has 0 bridgehead atoms. The van der Waals surface area contributed by atoms with Crippen molar-refractivity contribution < 1.29 is 9.59 Å². The van der Waals surface area contributed by atoms with Crippen LogP contribution in [0.1, 0.15) is 60.8 Å². The lowest BCUT2D eigenvalue weighted by atomic mass is 9.96. The van der Waals surface area contributed by atoms with Crippen molar-refractivity contribution in [3.05, 3.63) is 70.8 Å². The number of nitrogens with zero attached hydrogens (tertiary/aromatic N) is 1. The van der Waals surface area contributed by atoms with Crippen molar-refractivity contribution >= 4 is 23.2 Å². The number of alkyl halides is 1. The molecule has 2 unspecified atom stereocenters. The van der Waals surface area contributed by atoms with E-state index in [1.165, 1.54) is 11.1 Å². The first kappa shape index (κ1) is 23.2. The fourth-order valence-electron chi connectivity index (χ4n) is 4.43. The average Bonchev–Trinajstić information content (AvgIpc) is 3.38. The summed E-state index contributed by atoms with van der Waals surface area (Å²) >= 11 is 5.72. The van der Waals surface area contributed by atoms with Gasteiger partial charge in [-0.3, -0.25) is 9.59 Å². The van der Waals surface area contributed by atoms with Crippen molar-refractivity contribution in [3.8, 4) is 6.07 Å². The molecule has 3 nitrogen and oxygen atoms in total. The summed E-state index contributed by atoms with van der Waals surface area (Å²) in [6.07, 6.45) is 8.01. The van der Waals surface area contributed by atoms with Crippen molar-refractivity contribution in [2.45, 2.75) is 63.7 Å². The summed E-state index contributed by atoms with van der Waals surface area (Å²) in [7, 11) is 0. The summed E-state index contributed by atoms with van der Waals surface area (Å²) < 4.78 is 0. The molecule has 4 rings (SSSR count). The standard InChI is InChI=1S/C14H15NO.C13H15ClO/c15-9-8-11-4-6-12(7-5-11)10-13-2-1-3-14(13)16;14-9-11-6-4-10(5-7-11)8-12-2-1-3-13(12)15/h4-7,13H,1-3,8,10H2;4-7,12H,1-3,8-9H2. The number of ketones is 2. The third kappa shape index (κ3) is 7.04. The van der Waals surface area contributed by atoms with Gasteiger partial charge in [0.05, 0.1) is 12.5 Å². The van der Waals surface area contributed by atoms with E-state index in [9.17, 15) is 9.59 Å². The van der Waals surface area contributed by atoms with Gasteiger partial charge in [-0.1, -0.05) is 48.5 Å². The van der Waals surface area contributed by atoms with Crippen LogP contribution in [0.5, 0.6) is 0 Å². The van der Waals surface area contributed by atoms with Crippen LogP contribution in [0.3, 0.4) is 0 Å². The second-order valence-corrected chi connectivity index (χ2v) is 8.89. The molecule has 4 heteroatoms. The van der Waals surface area contributed by atoms with E-state index in [0.717, 1.165) is 62.5 Å². The minimum absolute atomic E-state index is 0.238. The normalized spacial score (nSPS) is 20.3. The van der Waals surface area contributed by atoms with Crippen LogP contribution < -0.4 is 0 Å². The molecule has 0 saturated heterocycles. The number of halogens is 1. The second kappa shape index (κ2) is 11.8. The molecule has 2 aliphatic carbocycles. The van der Waals surface area contributed by atoms with Gasteiger partial charge in [0, 0.05) is 30.6 Å². The van der Waals surface area contributed by atoms with Gasteiger partial charge >= 0.3 is 0 Å². The van der Waals surface area contributed by atoms with Crippen molar-refractivity contribution in [1.29, 1.82) is 5.26 Å². The number of carbonyl (C=O) groups is 2. The molecule has 31 heavy (non-hydrogen) atoms. The minimum Gasteiger partial charge on any atom is -0.299 e. The first-order chi connectivity index (χ1) is 15.1. The van der Waals surface area contributed by atoms with Crippen molar-refractivity contribution in [2.75, 3.05) is 0 Å². The number of nitriles is 1. The van der Waals surface area contributed by atoms with Crippen molar-refractivity contribution in [3.63, 3.8) is 0 Å². The van der Waals surface area contributed by atoms with Gasteiger partial charge in [0.15, 0.2) is 0 Å². The molecule has 0 amide bonds. The maximum atomic E-state index is 11.5. The smallest absolute Gasteiger partial charge is 0.136 e. The zero-order chi connectivity index (χ0) is 22.1. The SMILES string of the molecule is N#CCc1ccc(CC2CCCC2=O)cc1.O=C1CCCC1Cc1ccc(CCl)cc1. The van der Waals surface area contributed by atoms with E-state index in [-0.39, 0.29) is 11.8 Å². The van der Waals surface area contributed by atoms with Gasteiger partial charge < -0.3 is 0 Å². The predicted octanol–water partition coefficient (Wildman–Crippen LogP) is 6.00. The van der Waals surface area contributed by atoms with Crippen LogP contribution in [0.25, 0.3) is 0 Å². The van der Waals surface area contributed by atoms with Gasteiger partial charge in [0.2, 0.25) is 0 Å². The lowest BCUT2D eigenvalue weighted by Gasteiger charge is -2.07. The molecule has 0 N–H and O–H groups in total. The maximum absolute atomic E-state index is 11.5. The van der Waals surface area contributed by atoms with Gasteiger partial charge in [0.25, 0.3) is 0 Å². The van der Waals surface area contributed by atoms with Gasteiger partial charge in [-0.25, -0.2) is 0 Å². The molecule has 2 aromatic carbocycles. The maximum Gasteiger partial charge on any atom is 0.136 e. The van der Waals surface area contributed by atoms with E-state index in [1.54, 1.807) is 0 Å². The van der Waals surface area contributed by atoms with Crippen LogP contribution in [0.15, 0.2) is 48.5 Å². The number of Topliss-reactive ketones (excluding diaryl/α,β-unsaturated/α-hetero) is 2. The molecule has 2 aromatic rings. The first-order valence-electron chi connectivity index (χ1n) is 11.2. The Morgan fingerprint density at radius 2 is 1.16 bits per heavy atom. The van der Waals surface area contributed by atoms with Gasteiger partial charge in [-0.15, -0.1) is 11.6 Å². The predicted molar refractivity (Wildman–Crippen MR) is 124 cm³/mol. The van der Waals surface area contributed by atoms with E-state index in [1.807, 2.05) is 36.4 Å². The monoisotopic (exact) mass is 435 g/mol. The van der Waals surface area contributed by atoms with E-state index in [2.05, 4.69) is 18.2 Å². The van der Waals surface area contributed by atoms with Crippen molar-refractivity contribution in [1.82, 2.24) is 0 Å². The molecule has 2 fully saturated rings. The topological polar surface area (TPSA) is 57.9 Å². The molecular formula is C27H30ClNO2. The zero-order valence-corrected chi connectivity index (χ0v) is 18.7. The Kier molecular flexibility index (Phi) is 8.85. The van der Waals surface area contributed by atoms with Crippen LogP contribution in [0.2, 0.25) is 0 Å². The largest absolute Gasteiger partial charge is 0.299 e. The molecular weight excluding hydrogens is 406 g/mol. The number of benzene rings is 2. The summed E-state index contributed by atoms with van der Waals surface area (Å²) in [6.45, 7) is 0. The van der Waals surface area contributed by atoms with Crippen molar-refractivity contribution in [2.24, 2.45) is 11.8 Å². The fourth-order valence-corrected chi connectivity index (χ4v) is 4.60. The molecule has 0 radical (unpaired) electrons. The highest BCUT2D eigenvalue weighted by atomic mass is 35.5. The molecule has 162 valence electrons. The van der Waals surface area contributed by atoms with E-state index in [4.69, 9.17) is 16.9 Å². The number of hydrogen-bond donors (Lipinski definition) is 0. The Morgan fingerprint density at radius 1 is 0.742 bits per heavy atom. The quantitative estimate of drug-likeness (QED) is 0.522. The number of rotatable bonds is 6. The number of carbonyl (C=O) groups excluding carboxylic acids is 2. The Labute approximate surface area is 190 Å². The Hall–Kier alpha value is -2.44. The average molecular weight is 436 g/mol. The second-order valence-electron chi connectivity index (χ2n) is 8.62. The van der Waals surface area contributed by atoms with E-state index >= 15 is 0 Å². The lowest BCUT2D eigenvalue weighted by molar-refractivity contribution is -0.121. The third-order valence-corrected chi connectivity index (χ3v) is 6.62. The first-order valence-corrected chi connectivity index (χ1v) is 11.8. The zero-order valence-electron chi connectivity index (χ0n) is 18.0. The molecule has 0 heterocycles. The summed E-state index contributed by atoms with van der Waals surface area (Å²) in [5.74, 6) is 1.93. The molecule has 2 atom stereocenters. The summed E-state index contributed by atoms with van der Waals surface area (Å²) in [5, 5.41) is 8.56. The third-order valence-electron chi connectivity index (χ3n) is 6.31. The summed E-state index contributed by atoms with van der Waals surface area (Å²) in [4.78, 5) is 23.0. The Morgan fingerprint density at radius 3 is 1.52 bits per heavy atom. The molecule has 2 saturated carbocycles. The van der Waals surface area contributed by atoms with Gasteiger partial charge in [-0.05, 0) is 60.8 Å². The highest BCUT2D eigenvalue weighted by molar-refractivity contribution is 6.17. The Balaban J connectivity index is 0.000000176. The van der Waals surface area contributed by atoms with Crippen LogP contribution in [0, 0.1) is 23.2 Å². The minimum atomic E-state index is 0.238. The van der Waals surface area contributed by atoms with Crippen LogP contribution in [-0.2, 0) is 34.7 Å². The van der Waals surface area contributed by atoms with Gasteiger partial charge in [-0.2, -0.15) is 5.26 Å². The molecule has 0 aromatic heterocycles. The van der Waals surface area contributed by atoms with Crippen LogP contribution in [0.4, 0.5) is 0 Å². The summed E-state index contributed by atoms with van der Waals surface area (Å²) in [6, 6.07) is 18.4. The highest BCUT2D eigenvalue weighted by Gasteiger charge is 2.24. The van der Waals surface area contributed by atoms with E-state index in [0.29, 0.717) is 23.9 Å². The number of hydrogen-bond acceptors (Lipinski definition) is 3.